The van der Waals surface area contributed by atoms with Crippen molar-refractivity contribution in [2.45, 2.75) is 39.2 Å². The lowest BCUT2D eigenvalue weighted by Crippen LogP contribution is -2.43. The predicted molar refractivity (Wildman–Crippen MR) is 134 cm³/mol. The lowest BCUT2D eigenvalue weighted by molar-refractivity contribution is 0.0191. The fourth-order valence-electron chi connectivity index (χ4n) is 4.83. The second kappa shape index (κ2) is 11.5. The Hall–Kier alpha value is -2.65. The van der Waals surface area contributed by atoms with E-state index in [9.17, 15) is 0 Å². The van der Waals surface area contributed by atoms with Gasteiger partial charge in [-0.3, -0.25) is 4.90 Å². The fourth-order valence-corrected chi connectivity index (χ4v) is 4.83. The van der Waals surface area contributed by atoms with Crippen LogP contribution in [0.4, 0.5) is 0 Å². The van der Waals surface area contributed by atoms with Crippen LogP contribution in [0.25, 0.3) is 0 Å². The van der Waals surface area contributed by atoms with Crippen molar-refractivity contribution in [3.05, 3.63) is 88.5 Å². The maximum atomic E-state index is 8.94. The summed E-state index contributed by atoms with van der Waals surface area (Å²) in [7, 11) is 1.82. The lowest BCUT2D eigenvalue weighted by Gasteiger charge is -2.41. The van der Waals surface area contributed by atoms with Gasteiger partial charge in [0, 0.05) is 37.4 Å². The number of nitrogens with zero attached hydrogens (tertiary/aromatic N) is 3. The van der Waals surface area contributed by atoms with E-state index >= 15 is 0 Å². The minimum absolute atomic E-state index is 0. The number of halogens is 1. The molecule has 2 heterocycles. The number of rotatable bonds is 8. The maximum absolute atomic E-state index is 8.94. The molecule has 0 spiro atoms. The number of hydrogen-bond acceptors (Lipinski definition) is 4. The van der Waals surface area contributed by atoms with Gasteiger partial charge in [0.2, 0.25) is 0 Å². The van der Waals surface area contributed by atoms with Gasteiger partial charge in [-0.1, -0.05) is 42.0 Å². The number of methoxy groups -OCH3 is 1. The lowest BCUT2D eigenvalue weighted by atomic mass is 9.74. The monoisotopic (exact) mass is 464 g/mol. The summed E-state index contributed by atoms with van der Waals surface area (Å²) in [6.45, 7) is 6.01. The van der Waals surface area contributed by atoms with E-state index in [0.717, 1.165) is 69.0 Å². The molecule has 0 bridgehead atoms. The number of aromatic amines is 1. The summed E-state index contributed by atoms with van der Waals surface area (Å²) in [5, 5.41) is 8.94. The maximum Gasteiger partial charge on any atom is 0.110 e. The number of nitrogens with one attached hydrogen (secondary N) is 1. The SMILES string of the molecule is COCC1(Cc2cccc(C)c2)CCN(Cc2cnc(Cc3ccc(C#N)cc3)[nH]2)CC1.Cl. The van der Waals surface area contributed by atoms with Gasteiger partial charge in [-0.05, 0) is 62.5 Å². The fraction of sp³-hybridized carbons (Fsp3) is 0.407. The number of ether oxygens (including phenoxy) is 1. The van der Waals surface area contributed by atoms with Crippen molar-refractivity contribution in [2.24, 2.45) is 5.41 Å². The molecule has 4 rings (SSSR count). The predicted octanol–water partition coefficient (Wildman–Crippen LogP) is 5.07. The second-order valence-electron chi connectivity index (χ2n) is 9.22. The molecule has 3 aromatic rings. The first-order chi connectivity index (χ1) is 15.6. The first kappa shape index (κ1) is 25.0. The van der Waals surface area contributed by atoms with Crippen LogP contribution in [0, 0.1) is 23.7 Å². The summed E-state index contributed by atoms with van der Waals surface area (Å²) < 4.78 is 5.66. The van der Waals surface area contributed by atoms with E-state index in [2.05, 4.69) is 52.1 Å². The van der Waals surface area contributed by atoms with Gasteiger partial charge in [0.25, 0.3) is 0 Å². The van der Waals surface area contributed by atoms with Crippen LogP contribution in [0.3, 0.4) is 0 Å². The second-order valence-corrected chi connectivity index (χ2v) is 9.22. The Morgan fingerprint density at radius 2 is 1.88 bits per heavy atom. The minimum Gasteiger partial charge on any atom is -0.384 e. The molecule has 33 heavy (non-hydrogen) atoms. The standard InChI is InChI=1S/C27H32N4O.ClH/c1-21-4-3-5-24(14-21)16-27(20-32-2)10-12-31(13-11-27)19-25-18-29-26(30-25)15-22-6-8-23(17-28)9-7-22;/h3-9,14,18H,10-13,15-16,19-20H2,1-2H3,(H,29,30);1H. The third-order valence-corrected chi connectivity index (χ3v) is 6.56. The first-order valence-corrected chi connectivity index (χ1v) is 11.4. The zero-order valence-electron chi connectivity index (χ0n) is 19.5. The zero-order valence-corrected chi connectivity index (χ0v) is 20.3. The van der Waals surface area contributed by atoms with Crippen LogP contribution in [0.2, 0.25) is 0 Å². The normalized spacial score (nSPS) is 15.5. The number of aromatic nitrogens is 2. The smallest absolute Gasteiger partial charge is 0.110 e. The highest BCUT2D eigenvalue weighted by Gasteiger charge is 2.35. The van der Waals surface area contributed by atoms with Crippen LogP contribution < -0.4 is 0 Å². The molecule has 1 aliphatic rings. The molecule has 0 amide bonds. The third kappa shape index (κ3) is 6.68. The van der Waals surface area contributed by atoms with Gasteiger partial charge in [0.1, 0.15) is 5.82 Å². The van der Waals surface area contributed by atoms with Crippen LogP contribution in [-0.2, 0) is 24.1 Å². The van der Waals surface area contributed by atoms with Crippen LogP contribution >= 0.6 is 12.4 Å². The van der Waals surface area contributed by atoms with Crippen molar-refractivity contribution >= 4 is 12.4 Å². The molecule has 0 radical (unpaired) electrons. The number of piperidine rings is 1. The average Bonchev–Trinajstić information content (AvgIpc) is 3.23. The number of hydrogen-bond donors (Lipinski definition) is 1. The van der Waals surface area contributed by atoms with Gasteiger partial charge in [-0.25, -0.2) is 4.98 Å². The quantitative estimate of drug-likeness (QED) is 0.505. The van der Waals surface area contributed by atoms with Gasteiger partial charge in [-0.2, -0.15) is 5.26 Å². The van der Waals surface area contributed by atoms with Gasteiger partial charge >= 0.3 is 0 Å². The summed E-state index contributed by atoms with van der Waals surface area (Å²) in [4.78, 5) is 10.6. The number of benzene rings is 2. The Morgan fingerprint density at radius 1 is 1.12 bits per heavy atom. The van der Waals surface area contributed by atoms with Crippen molar-refractivity contribution in [2.75, 3.05) is 26.8 Å². The summed E-state index contributed by atoms with van der Waals surface area (Å²) in [5.74, 6) is 0.967. The highest BCUT2D eigenvalue weighted by molar-refractivity contribution is 5.85. The van der Waals surface area contributed by atoms with Crippen molar-refractivity contribution in [3.63, 3.8) is 0 Å². The largest absolute Gasteiger partial charge is 0.384 e. The number of aryl methyl sites for hydroxylation is 1. The highest BCUT2D eigenvalue weighted by Crippen LogP contribution is 2.36. The Bertz CT molecular complexity index is 1060. The van der Waals surface area contributed by atoms with Gasteiger partial charge in [-0.15, -0.1) is 12.4 Å². The molecular formula is C27H33ClN4O. The van der Waals surface area contributed by atoms with E-state index in [4.69, 9.17) is 10.00 Å². The molecular weight excluding hydrogens is 432 g/mol. The van der Waals surface area contributed by atoms with E-state index in [1.165, 1.54) is 11.1 Å². The van der Waals surface area contributed by atoms with E-state index < -0.39 is 0 Å². The van der Waals surface area contributed by atoms with E-state index in [0.29, 0.717) is 5.56 Å². The van der Waals surface area contributed by atoms with Crippen molar-refractivity contribution in [1.82, 2.24) is 14.9 Å². The summed E-state index contributed by atoms with van der Waals surface area (Å²) in [6, 6.07) is 18.7. The Balaban J connectivity index is 0.00000306. The molecule has 0 aliphatic carbocycles. The van der Waals surface area contributed by atoms with E-state index in [-0.39, 0.29) is 17.8 Å². The molecule has 6 heteroatoms. The van der Waals surface area contributed by atoms with E-state index in [1.54, 1.807) is 0 Å². The molecule has 1 aromatic heterocycles. The third-order valence-electron chi connectivity index (χ3n) is 6.56. The molecule has 1 saturated heterocycles. The molecule has 5 nitrogen and oxygen atoms in total. The molecule has 0 atom stereocenters. The van der Waals surface area contributed by atoms with Crippen LogP contribution in [0.15, 0.2) is 54.7 Å². The molecule has 174 valence electrons. The Labute approximate surface area is 203 Å². The van der Waals surface area contributed by atoms with Crippen molar-refractivity contribution in [3.8, 4) is 6.07 Å². The highest BCUT2D eigenvalue weighted by atomic mass is 35.5. The van der Waals surface area contributed by atoms with Crippen molar-refractivity contribution in [1.29, 1.82) is 5.26 Å². The molecule has 0 saturated carbocycles. The number of H-pyrrole nitrogens is 1. The number of imidazole rings is 1. The number of likely N-dealkylation sites (tertiary alicyclic amines) is 1. The molecule has 0 unspecified atom stereocenters. The topological polar surface area (TPSA) is 64.9 Å². The van der Waals surface area contributed by atoms with Gasteiger partial charge < -0.3 is 9.72 Å². The zero-order chi connectivity index (χ0) is 22.4. The summed E-state index contributed by atoms with van der Waals surface area (Å²) >= 11 is 0. The van der Waals surface area contributed by atoms with Crippen LogP contribution in [0.5, 0.6) is 0 Å². The number of nitriles is 1. The first-order valence-electron chi connectivity index (χ1n) is 11.4. The molecule has 1 N–H and O–H groups in total. The molecule has 2 aromatic carbocycles. The van der Waals surface area contributed by atoms with Gasteiger partial charge in [0.05, 0.1) is 18.2 Å². The van der Waals surface area contributed by atoms with Crippen molar-refractivity contribution < 1.29 is 4.74 Å². The van der Waals surface area contributed by atoms with Crippen LogP contribution in [0.1, 0.15) is 46.6 Å². The Morgan fingerprint density at radius 3 is 2.55 bits per heavy atom. The average molecular weight is 465 g/mol. The van der Waals surface area contributed by atoms with Crippen LogP contribution in [-0.4, -0.2) is 41.7 Å². The minimum atomic E-state index is 0. The summed E-state index contributed by atoms with van der Waals surface area (Å²) in [6.07, 6.45) is 6.07. The molecule has 1 aliphatic heterocycles. The van der Waals surface area contributed by atoms with Gasteiger partial charge in [0.15, 0.2) is 0 Å². The Kier molecular flexibility index (Phi) is 8.68. The molecule has 1 fully saturated rings. The van der Waals surface area contributed by atoms with E-state index in [1.807, 2.05) is 37.6 Å². The summed E-state index contributed by atoms with van der Waals surface area (Å²) in [5.41, 5.74) is 5.95.